The number of benzene rings is 1. The summed E-state index contributed by atoms with van der Waals surface area (Å²) in [5.41, 5.74) is 3.33. The molecule has 104 valence electrons. The Labute approximate surface area is 114 Å². The van der Waals surface area contributed by atoms with Crippen molar-refractivity contribution in [3.05, 3.63) is 35.9 Å². The fraction of sp³-hybridized carbons (Fsp3) is 0.533. The highest BCUT2D eigenvalue weighted by atomic mass is 16.2. The monoisotopic (exact) mass is 261 g/mol. The molecule has 1 fully saturated rings. The maximum Gasteiger partial charge on any atom is 0.242 e. The van der Waals surface area contributed by atoms with Crippen molar-refractivity contribution < 1.29 is 4.79 Å². The predicted molar refractivity (Wildman–Crippen MR) is 76.4 cm³/mol. The second kappa shape index (κ2) is 6.68. The highest BCUT2D eigenvalue weighted by Gasteiger charge is 2.26. The van der Waals surface area contributed by atoms with Gasteiger partial charge in [0.05, 0.1) is 5.92 Å². The van der Waals surface area contributed by atoms with Gasteiger partial charge in [0.25, 0.3) is 0 Å². The van der Waals surface area contributed by atoms with Crippen LogP contribution in [-0.2, 0) is 4.79 Å². The molecule has 1 aliphatic rings. The van der Waals surface area contributed by atoms with Crippen molar-refractivity contribution in [3.63, 3.8) is 0 Å². The van der Waals surface area contributed by atoms with E-state index in [0.29, 0.717) is 6.04 Å². The van der Waals surface area contributed by atoms with Gasteiger partial charge in [-0.05, 0) is 31.9 Å². The molecule has 1 amide bonds. The van der Waals surface area contributed by atoms with E-state index < -0.39 is 0 Å². The van der Waals surface area contributed by atoms with E-state index in [1.165, 1.54) is 19.3 Å². The zero-order chi connectivity index (χ0) is 13.7. The van der Waals surface area contributed by atoms with Gasteiger partial charge in [-0.15, -0.1) is 0 Å². The molecule has 1 heterocycles. The first-order valence-corrected chi connectivity index (χ1v) is 7.02. The van der Waals surface area contributed by atoms with E-state index in [0.717, 1.165) is 18.7 Å². The minimum Gasteiger partial charge on any atom is -0.300 e. The number of amides is 1. The van der Waals surface area contributed by atoms with Gasteiger partial charge in [0.15, 0.2) is 0 Å². The van der Waals surface area contributed by atoms with E-state index in [1.54, 1.807) is 0 Å². The lowest BCUT2D eigenvalue weighted by Crippen LogP contribution is -2.45. The number of hydrogen-bond acceptors (Lipinski definition) is 3. The summed E-state index contributed by atoms with van der Waals surface area (Å²) in [6.07, 6.45) is 3.72. The van der Waals surface area contributed by atoms with Gasteiger partial charge in [0.2, 0.25) is 5.91 Å². The molecule has 0 spiro atoms. The number of hydrazine groups is 1. The van der Waals surface area contributed by atoms with Crippen LogP contribution in [0.2, 0.25) is 0 Å². The lowest BCUT2D eigenvalue weighted by Gasteiger charge is -2.35. The number of carbonyl (C=O) groups is 1. The zero-order valence-corrected chi connectivity index (χ0v) is 11.5. The summed E-state index contributed by atoms with van der Waals surface area (Å²) < 4.78 is 0. The summed E-state index contributed by atoms with van der Waals surface area (Å²) >= 11 is 0. The van der Waals surface area contributed by atoms with Crippen molar-refractivity contribution in [2.24, 2.45) is 5.84 Å². The molecule has 4 nitrogen and oxygen atoms in total. The van der Waals surface area contributed by atoms with Gasteiger partial charge in [-0.3, -0.25) is 15.1 Å². The van der Waals surface area contributed by atoms with Crippen molar-refractivity contribution in [2.75, 3.05) is 13.1 Å². The Hall–Kier alpha value is -1.39. The van der Waals surface area contributed by atoms with Gasteiger partial charge >= 0.3 is 0 Å². The van der Waals surface area contributed by atoms with E-state index in [9.17, 15) is 4.79 Å². The molecule has 2 unspecified atom stereocenters. The quantitative estimate of drug-likeness (QED) is 0.492. The molecule has 1 aliphatic heterocycles. The molecule has 0 aliphatic carbocycles. The number of nitrogens with one attached hydrogen (secondary N) is 1. The molecule has 2 rings (SSSR count). The van der Waals surface area contributed by atoms with Crippen LogP contribution in [0.25, 0.3) is 0 Å². The van der Waals surface area contributed by atoms with E-state index >= 15 is 0 Å². The molecule has 1 aromatic carbocycles. The highest BCUT2D eigenvalue weighted by molar-refractivity contribution is 5.83. The number of nitrogens with zero attached hydrogens (tertiary/aromatic N) is 1. The first kappa shape index (κ1) is 14.0. The third-order valence-electron chi connectivity index (χ3n) is 4.02. The van der Waals surface area contributed by atoms with E-state index in [2.05, 4.69) is 17.2 Å². The molecule has 3 N–H and O–H groups in total. The molecule has 0 saturated carbocycles. The predicted octanol–water partition coefficient (Wildman–Crippen LogP) is 1.63. The largest absolute Gasteiger partial charge is 0.300 e. The average Bonchev–Trinajstić information content (AvgIpc) is 2.46. The second-order valence-corrected chi connectivity index (χ2v) is 5.31. The van der Waals surface area contributed by atoms with Crippen LogP contribution in [0.4, 0.5) is 0 Å². The summed E-state index contributed by atoms with van der Waals surface area (Å²) in [7, 11) is 0. The van der Waals surface area contributed by atoms with Crippen LogP contribution in [-0.4, -0.2) is 29.9 Å². The van der Waals surface area contributed by atoms with E-state index in [4.69, 9.17) is 5.84 Å². The van der Waals surface area contributed by atoms with Crippen molar-refractivity contribution in [2.45, 2.75) is 38.1 Å². The molecular weight excluding hydrogens is 238 g/mol. The van der Waals surface area contributed by atoms with Gasteiger partial charge < -0.3 is 0 Å². The summed E-state index contributed by atoms with van der Waals surface area (Å²) in [5, 5.41) is 0. The minimum atomic E-state index is -0.188. The van der Waals surface area contributed by atoms with Crippen LogP contribution in [0.3, 0.4) is 0 Å². The Bertz CT molecular complexity index is 407. The topological polar surface area (TPSA) is 58.4 Å². The van der Waals surface area contributed by atoms with Crippen molar-refractivity contribution >= 4 is 5.91 Å². The maximum atomic E-state index is 12.0. The maximum absolute atomic E-state index is 12.0. The van der Waals surface area contributed by atoms with Crippen molar-refractivity contribution in [1.82, 2.24) is 10.3 Å². The summed E-state index contributed by atoms with van der Waals surface area (Å²) in [6.45, 7) is 4.05. The smallest absolute Gasteiger partial charge is 0.242 e. The molecule has 0 bridgehead atoms. The summed E-state index contributed by atoms with van der Waals surface area (Å²) in [5.74, 6) is 5.04. The van der Waals surface area contributed by atoms with Crippen LogP contribution >= 0.6 is 0 Å². The van der Waals surface area contributed by atoms with Crippen LogP contribution < -0.4 is 11.3 Å². The SMILES string of the molecule is CC1CCCCN1CC(C(=O)NN)c1ccccc1. The molecule has 4 heteroatoms. The third kappa shape index (κ3) is 3.55. The zero-order valence-electron chi connectivity index (χ0n) is 11.5. The Morgan fingerprint density at radius 3 is 2.79 bits per heavy atom. The number of likely N-dealkylation sites (tertiary alicyclic amines) is 1. The fourth-order valence-corrected chi connectivity index (χ4v) is 2.79. The molecule has 2 atom stereocenters. The first-order chi connectivity index (χ1) is 9.22. The second-order valence-electron chi connectivity index (χ2n) is 5.31. The van der Waals surface area contributed by atoms with Gasteiger partial charge in [-0.25, -0.2) is 5.84 Å². The lowest BCUT2D eigenvalue weighted by atomic mass is 9.95. The van der Waals surface area contributed by atoms with Crippen LogP contribution in [0.5, 0.6) is 0 Å². The van der Waals surface area contributed by atoms with Crippen LogP contribution in [0.15, 0.2) is 30.3 Å². The number of hydrogen-bond donors (Lipinski definition) is 2. The number of piperidine rings is 1. The van der Waals surface area contributed by atoms with Crippen molar-refractivity contribution in [3.8, 4) is 0 Å². The summed E-state index contributed by atoms with van der Waals surface area (Å²) in [6, 6.07) is 10.4. The standard InChI is InChI=1S/C15H23N3O/c1-12-7-5-6-10-18(12)11-14(15(19)17-16)13-8-3-2-4-9-13/h2-4,8-9,12,14H,5-7,10-11,16H2,1H3,(H,17,19). The Morgan fingerprint density at radius 1 is 1.42 bits per heavy atom. The Morgan fingerprint density at radius 2 is 2.16 bits per heavy atom. The molecule has 19 heavy (non-hydrogen) atoms. The number of nitrogens with two attached hydrogens (primary N) is 1. The van der Waals surface area contributed by atoms with E-state index in [-0.39, 0.29) is 11.8 Å². The van der Waals surface area contributed by atoms with Gasteiger partial charge in [0, 0.05) is 12.6 Å². The minimum absolute atomic E-state index is 0.107. The van der Waals surface area contributed by atoms with Crippen LogP contribution in [0.1, 0.15) is 37.7 Å². The fourth-order valence-electron chi connectivity index (χ4n) is 2.79. The molecule has 1 aromatic rings. The summed E-state index contributed by atoms with van der Waals surface area (Å²) in [4.78, 5) is 14.4. The first-order valence-electron chi connectivity index (χ1n) is 7.02. The lowest BCUT2D eigenvalue weighted by molar-refractivity contribution is -0.123. The number of rotatable bonds is 4. The molecule has 0 aromatic heterocycles. The van der Waals surface area contributed by atoms with Gasteiger partial charge in [-0.1, -0.05) is 36.8 Å². The van der Waals surface area contributed by atoms with Gasteiger partial charge in [-0.2, -0.15) is 0 Å². The van der Waals surface area contributed by atoms with Gasteiger partial charge in [0.1, 0.15) is 0 Å². The molecule has 0 radical (unpaired) electrons. The third-order valence-corrected chi connectivity index (χ3v) is 4.02. The highest BCUT2D eigenvalue weighted by Crippen LogP contribution is 2.22. The average molecular weight is 261 g/mol. The Balaban J connectivity index is 2.12. The Kier molecular flexibility index (Phi) is 4.93. The molecule has 1 saturated heterocycles. The normalized spacial score (nSPS) is 21.9. The van der Waals surface area contributed by atoms with Crippen molar-refractivity contribution in [1.29, 1.82) is 0 Å². The van der Waals surface area contributed by atoms with E-state index in [1.807, 2.05) is 30.3 Å². The number of carbonyl (C=O) groups excluding carboxylic acids is 1. The van der Waals surface area contributed by atoms with Crippen LogP contribution in [0, 0.1) is 0 Å². The molecular formula is C15H23N3O.